The van der Waals surface area contributed by atoms with Crippen LogP contribution in [0.15, 0.2) is 12.7 Å². The number of hydrogen-bond acceptors (Lipinski definition) is 2. The van der Waals surface area contributed by atoms with E-state index < -0.39 is 83.9 Å². The lowest BCUT2D eigenvalue weighted by atomic mass is 9.84. The monoisotopic (exact) mass is 660 g/mol. The number of carbonyl (C=O) groups excluding carboxylic acids is 1. The van der Waals surface area contributed by atoms with E-state index in [-0.39, 0.29) is 0 Å². The van der Waals surface area contributed by atoms with Crippen LogP contribution in [0, 0.1) is 5.92 Å². The van der Waals surface area contributed by atoms with E-state index in [4.69, 9.17) is 0 Å². The van der Waals surface area contributed by atoms with E-state index in [0.29, 0.717) is 19.9 Å². The molecule has 2 unspecified atom stereocenters. The molecule has 0 rings (SSSR count). The lowest BCUT2D eigenvalue weighted by Gasteiger charge is -2.44. The molecule has 0 aromatic heterocycles. The first-order valence-corrected chi connectivity index (χ1v) is 9.81. The SMILES string of the molecule is C=CC(=O)OC(C)C(C)CC(F)(F)C(F)(F)C(F)(F)C(F)(F)C(F)(F)C(F)(F)C(F)(F)C(F)(F)C(F)(F)C(F)(F)F. The highest BCUT2D eigenvalue weighted by Gasteiger charge is 2.97. The smallest absolute Gasteiger partial charge is 0.459 e. The van der Waals surface area contributed by atoms with E-state index in [2.05, 4.69) is 11.3 Å². The molecule has 0 aromatic carbocycles. The second-order valence-corrected chi connectivity index (χ2v) is 8.32. The maximum absolute atomic E-state index is 14.0. The predicted molar refractivity (Wildman–Crippen MR) is 90.1 cm³/mol. The van der Waals surface area contributed by atoms with Crippen molar-refractivity contribution >= 4 is 5.97 Å². The maximum atomic E-state index is 14.0. The molecule has 0 amide bonds. The van der Waals surface area contributed by atoms with Crippen LogP contribution < -0.4 is 0 Å². The zero-order chi connectivity index (χ0) is 33.9. The van der Waals surface area contributed by atoms with Gasteiger partial charge in [0.1, 0.15) is 6.10 Å². The lowest BCUT2D eigenvalue weighted by molar-refractivity contribution is -0.474. The van der Waals surface area contributed by atoms with Crippen molar-refractivity contribution in [2.24, 2.45) is 5.92 Å². The summed E-state index contributed by atoms with van der Waals surface area (Å²) in [7, 11) is 0. The molecule has 0 aliphatic rings. The van der Waals surface area contributed by atoms with Crippen LogP contribution >= 0.6 is 0 Å². The van der Waals surface area contributed by atoms with Gasteiger partial charge in [0.05, 0.1) is 0 Å². The molecule has 0 aromatic rings. The van der Waals surface area contributed by atoms with E-state index in [1.54, 1.807) is 0 Å². The highest BCUT2D eigenvalue weighted by molar-refractivity contribution is 5.81. The quantitative estimate of drug-likeness (QED) is 0.113. The summed E-state index contributed by atoms with van der Waals surface area (Å²) in [5.74, 6) is -81.1. The summed E-state index contributed by atoms with van der Waals surface area (Å²) in [6.07, 6.45) is -12.6. The Labute approximate surface area is 213 Å². The first kappa shape index (κ1) is 38.7. The Balaban J connectivity index is 6.87. The largest absolute Gasteiger partial charge is 0.460 e. The van der Waals surface area contributed by atoms with Crippen molar-refractivity contribution in [2.45, 2.75) is 85.9 Å². The van der Waals surface area contributed by atoms with Crippen molar-refractivity contribution in [1.82, 2.24) is 0 Å². The van der Waals surface area contributed by atoms with Gasteiger partial charge in [-0.25, -0.2) is 4.79 Å². The molecule has 244 valence electrons. The van der Waals surface area contributed by atoms with Gasteiger partial charge < -0.3 is 4.74 Å². The number of alkyl halides is 21. The highest BCUT2D eigenvalue weighted by Crippen LogP contribution is 2.66. The molecule has 0 saturated heterocycles. The summed E-state index contributed by atoms with van der Waals surface area (Å²) in [6.45, 7) is 3.73. The number of esters is 1. The Hall–Kier alpha value is -2.26. The van der Waals surface area contributed by atoms with Crippen molar-refractivity contribution in [3.63, 3.8) is 0 Å². The van der Waals surface area contributed by atoms with Crippen molar-refractivity contribution in [3.05, 3.63) is 12.7 Å². The van der Waals surface area contributed by atoms with Gasteiger partial charge in [-0.2, -0.15) is 92.2 Å². The van der Waals surface area contributed by atoms with Gasteiger partial charge in [0.15, 0.2) is 0 Å². The van der Waals surface area contributed by atoms with Gasteiger partial charge >= 0.3 is 65.4 Å². The van der Waals surface area contributed by atoms with Crippen LogP contribution in [0.4, 0.5) is 92.2 Å². The van der Waals surface area contributed by atoms with Crippen molar-refractivity contribution in [3.8, 4) is 0 Å². The standard InChI is InChI=1S/C18H13F21O2/c1-4-8(40)41-7(3)6(2)5-9(19,20)10(21,22)11(23,24)12(25,26)13(27,28)14(29,30)15(31,32)16(33,34)17(35,36)18(37,38)39/h4,6-7H,1,5H2,2-3H3. The Morgan fingerprint density at radius 1 is 0.561 bits per heavy atom. The third-order valence-corrected chi connectivity index (χ3v) is 5.42. The molecular formula is C18H13F21O2. The van der Waals surface area contributed by atoms with Gasteiger partial charge in [-0.3, -0.25) is 0 Å². The van der Waals surface area contributed by atoms with Crippen molar-refractivity contribution in [1.29, 1.82) is 0 Å². The van der Waals surface area contributed by atoms with E-state index in [1.807, 2.05) is 0 Å². The Morgan fingerprint density at radius 2 is 0.829 bits per heavy atom. The third kappa shape index (κ3) is 5.49. The fourth-order valence-electron chi connectivity index (χ4n) is 2.64. The minimum Gasteiger partial charge on any atom is -0.459 e. The minimum absolute atomic E-state index is 0.330. The van der Waals surface area contributed by atoms with E-state index in [9.17, 15) is 97.0 Å². The van der Waals surface area contributed by atoms with Gasteiger partial charge in [-0.15, -0.1) is 0 Å². The maximum Gasteiger partial charge on any atom is 0.460 e. The average molecular weight is 660 g/mol. The molecule has 2 nitrogen and oxygen atoms in total. The Morgan fingerprint density at radius 3 is 1.10 bits per heavy atom. The second kappa shape index (κ2) is 10.5. The summed E-state index contributed by atoms with van der Waals surface area (Å²) in [5.41, 5.74) is 0. The highest BCUT2D eigenvalue weighted by atomic mass is 19.4. The fourth-order valence-corrected chi connectivity index (χ4v) is 2.64. The summed E-state index contributed by atoms with van der Waals surface area (Å²) in [6, 6.07) is 0. The molecular weight excluding hydrogens is 647 g/mol. The van der Waals surface area contributed by atoms with E-state index in [0.717, 1.165) is 0 Å². The number of carbonyl (C=O) groups is 1. The van der Waals surface area contributed by atoms with E-state index in [1.165, 1.54) is 0 Å². The predicted octanol–water partition coefficient (Wildman–Crippen LogP) is 8.41. The van der Waals surface area contributed by atoms with Gasteiger partial charge in [-0.1, -0.05) is 13.5 Å². The van der Waals surface area contributed by atoms with Crippen LogP contribution in [0.5, 0.6) is 0 Å². The van der Waals surface area contributed by atoms with Crippen LogP contribution in [0.3, 0.4) is 0 Å². The summed E-state index contributed by atoms with van der Waals surface area (Å²) in [4.78, 5) is 11.0. The molecule has 0 heterocycles. The number of ether oxygens (including phenoxy) is 1. The lowest BCUT2D eigenvalue weighted by Crippen LogP contribution is -2.76. The molecule has 0 fully saturated rings. The van der Waals surface area contributed by atoms with Gasteiger partial charge in [0.25, 0.3) is 0 Å². The molecule has 0 N–H and O–H groups in total. The fraction of sp³-hybridized carbons (Fsp3) is 0.833. The molecule has 0 radical (unpaired) electrons. The zero-order valence-electron chi connectivity index (χ0n) is 19.4. The van der Waals surface area contributed by atoms with Gasteiger partial charge in [0.2, 0.25) is 0 Å². The summed E-state index contributed by atoms with van der Waals surface area (Å²) in [5, 5.41) is 0. The second-order valence-electron chi connectivity index (χ2n) is 8.32. The van der Waals surface area contributed by atoms with Crippen LogP contribution in [-0.2, 0) is 9.53 Å². The topological polar surface area (TPSA) is 26.3 Å². The molecule has 0 aliphatic carbocycles. The molecule has 0 aliphatic heterocycles. The van der Waals surface area contributed by atoms with Crippen LogP contribution in [0.25, 0.3) is 0 Å². The van der Waals surface area contributed by atoms with Crippen molar-refractivity contribution < 1.29 is 102 Å². The normalized spacial score (nSPS) is 17.2. The van der Waals surface area contributed by atoms with Gasteiger partial charge in [-0.05, 0) is 12.8 Å². The summed E-state index contributed by atoms with van der Waals surface area (Å²) < 4.78 is 285. The number of hydrogen-bond donors (Lipinski definition) is 0. The van der Waals surface area contributed by atoms with Crippen LogP contribution in [-0.4, -0.2) is 71.6 Å². The number of halogens is 21. The van der Waals surface area contributed by atoms with Crippen molar-refractivity contribution in [2.75, 3.05) is 0 Å². The minimum atomic E-state index is -9.21. The van der Waals surface area contributed by atoms with Crippen LogP contribution in [0.2, 0.25) is 0 Å². The molecule has 41 heavy (non-hydrogen) atoms. The van der Waals surface area contributed by atoms with E-state index >= 15 is 0 Å². The molecule has 0 saturated carbocycles. The molecule has 0 bridgehead atoms. The zero-order valence-corrected chi connectivity index (χ0v) is 19.4. The molecule has 2 atom stereocenters. The van der Waals surface area contributed by atoms with Crippen LogP contribution in [0.1, 0.15) is 20.3 Å². The first-order valence-electron chi connectivity index (χ1n) is 9.81. The Bertz CT molecular complexity index is 964. The Kier molecular flexibility index (Phi) is 9.90. The average Bonchev–Trinajstić information content (AvgIpc) is 2.76. The summed E-state index contributed by atoms with van der Waals surface area (Å²) >= 11 is 0. The molecule has 0 spiro atoms. The molecule has 23 heteroatoms. The third-order valence-electron chi connectivity index (χ3n) is 5.42. The van der Waals surface area contributed by atoms with Gasteiger partial charge in [0, 0.05) is 12.5 Å². The number of rotatable bonds is 13. The first-order chi connectivity index (χ1) is 17.5.